The van der Waals surface area contributed by atoms with Gasteiger partial charge in [0.1, 0.15) is 6.20 Å². The van der Waals surface area contributed by atoms with E-state index in [1.807, 2.05) is 0 Å². The number of nitrogens with zero attached hydrogens (tertiary/aromatic N) is 3. The average molecular weight is 233 g/mol. The van der Waals surface area contributed by atoms with E-state index in [0.29, 0.717) is 18.2 Å². The summed E-state index contributed by atoms with van der Waals surface area (Å²) in [4.78, 5) is 15.3. The molecule has 1 heterocycles. The van der Waals surface area contributed by atoms with E-state index in [0.717, 1.165) is 11.3 Å². The Labute approximate surface area is 89.8 Å². The molecule has 0 aliphatic carbocycles. The molecule has 1 rings (SSSR count). The first-order chi connectivity index (χ1) is 7.19. The van der Waals surface area contributed by atoms with Gasteiger partial charge in [-0.2, -0.15) is 0 Å². The highest BCUT2D eigenvalue weighted by Gasteiger charge is 2.15. The van der Waals surface area contributed by atoms with Crippen LogP contribution < -0.4 is 4.90 Å². The summed E-state index contributed by atoms with van der Waals surface area (Å²) in [7, 11) is 0. The number of rotatable bonds is 6. The molecule has 0 atom stereocenters. The molecule has 0 fully saturated rings. The van der Waals surface area contributed by atoms with Crippen molar-refractivity contribution in [2.24, 2.45) is 0 Å². The summed E-state index contributed by atoms with van der Waals surface area (Å²) in [6, 6.07) is 0. The summed E-state index contributed by atoms with van der Waals surface area (Å²) in [5.74, 6) is 0. The first kappa shape index (κ1) is 11.8. The van der Waals surface area contributed by atoms with Crippen LogP contribution in [-0.4, -0.2) is 46.4 Å². The molecule has 2 N–H and O–H groups in total. The number of thiazole rings is 1. The number of aromatic nitrogens is 1. The van der Waals surface area contributed by atoms with Crippen molar-refractivity contribution in [3.8, 4) is 0 Å². The van der Waals surface area contributed by atoms with Crippen LogP contribution in [0.3, 0.4) is 0 Å². The van der Waals surface area contributed by atoms with E-state index in [1.54, 1.807) is 4.90 Å². The fourth-order valence-electron chi connectivity index (χ4n) is 1.03. The van der Waals surface area contributed by atoms with Gasteiger partial charge in [-0.05, 0) is 11.3 Å². The number of hydrogen-bond donors (Lipinski definition) is 2. The summed E-state index contributed by atoms with van der Waals surface area (Å²) < 4.78 is 0. The molecule has 1 aromatic heterocycles. The molecule has 1 aromatic rings. The van der Waals surface area contributed by atoms with E-state index >= 15 is 0 Å². The normalized spacial score (nSPS) is 10.3. The predicted molar refractivity (Wildman–Crippen MR) is 55.2 cm³/mol. The van der Waals surface area contributed by atoms with Crippen LogP contribution in [0.1, 0.15) is 0 Å². The highest BCUT2D eigenvalue weighted by molar-refractivity contribution is 7.18. The van der Waals surface area contributed by atoms with Crippen molar-refractivity contribution in [3.05, 3.63) is 16.3 Å². The number of anilines is 1. The fraction of sp³-hybridized carbons (Fsp3) is 0.571. The Morgan fingerprint density at radius 2 is 2.07 bits per heavy atom. The summed E-state index contributed by atoms with van der Waals surface area (Å²) in [5, 5.41) is 28.3. The van der Waals surface area contributed by atoms with E-state index in [4.69, 9.17) is 10.2 Å². The van der Waals surface area contributed by atoms with Crippen molar-refractivity contribution in [1.29, 1.82) is 0 Å². The molecule has 84 valence electrons. The van der Waals surface area contributed by atoms with Gasteiger partial charge in [0.2, 0.25) is 0 Å². The highest BCUT2D eigenvalue weighted by atomic mass is 32.1. The molecule has 0 aromatic carbocycles. The van der Waals surface area contributed by atoms with Crippen molar-refractivity contribution in [2.45, 2.75) is 0 Å². The van der Waals surface area contributed by atoms with Crippen LogP contribution in [0, 0.1) is 10.1 Å². The quantitative estimate of drug-likeness (QED) is 0.523. The summed E-state index contributed by atoms with van der Waals surface area (Å²) >= 11 is 0.922. The molecule has 7 nitrogen and oxygen atoms in total. The Morgan fingerprint density at radius 3 is 2.47 bits per heavy atom. The zero-order chi connectivity index (χ0) is 11.3. The molecule has 0 aliphatic heterocycles. The van der Waals surface area contributed by atoms with Gasteiger partial charge in [0.25, 0.3) is 0 Å². The smallest absolute Gasteiger partial charge is 0.345 e. The van der Waals surface area contributed by atoms with E-state index in [1.165, 1.54) is 6.20 Å². The third-order valence-electron chi connectivity index (χ3n) is 1.67. The van der Waals surface area contributed by atoms with Gasteiger partial charge in [-0.1, -0.05) is 0 Å². The maximum Gasteiger partial charge on any atom is 0.345 e. The second-order valence-electron chi connectivity index (χ2n) is 2.67. The van der Waals surface area contributed by atoms with Crippen LogP contribution in [-0.2, 0) is 0 Å². The third-order valence-corrected chi connectivity index (χ3v) is 2.68. The van der Waals surface area contributed by atoms with Crippen molar-refractivity contribution in [3.63, 3.8) is 0 Å². The molecule has 0 amide bonds. The van der Waals surface area contributed by atoms with Crippen LogP contribution in [0.25, 0.3) is 0 Å². The Balaban J connectivity index is 2.76. The van der Waals surface area contributed by atoms with Crippen LogP contribution in [0.4, 0.5) is 10.1 Å². The van der Waals surface area contributed by atoms with E-state index in [-0.39, 0.29) is 18.2 Å². The third kappa shape index (κ3) is 3.11. The summed E-state index contributed by atoms with van der Waals surface area (Å²) in [6.45, 7) is 0.414. The maximum atomic E-state index is 10.4. The molecule has 0 radical (unpaired) electrons. The number of nitro groups is 1. The van der Waals surface area contributed by atoms with Crippen LogP contribution in [0.2, 0.25) is 0 Å². The lowest BCUT2D eigenvalue weighted by atomic mass is 10.5. The Kier molecular flexibility index (Phi) is 4.40. The lowest BCUT2D eigenvalue weighted by Gasteiger charge is -2.18. The molecule has 0 unspecified atom stereocenters. The first-order valence-corrected chi connectivity index (χ1v) is 5.07. The fourth-order valence-corrected chi connectivity index (χ4v) is 1.82. The van der Waals surface area contributed by atoms with Gasteiger partial charge in [-0.15, -0.1) is 0 Å². The van der Waals surface area contributed by atoms with E-state index in [2.05, 4.69) is 4.98 Å². The number of aliphatic hydroxyl groups is 2. The Hall–Kier alpha value is -1.25. The van der Waals surface area contributed by atoms with Gasteiger partial charge in [0.15, 0.2) is 5.13 Å². The SMILES string of the molecule is O=[N+]([O-])c1cnc(N(CCO)CCO)s1. The molecule has 8 heteroatoms. The minimum Gasteiger partial charge on any atom is -0.395 e. The van der Waals surface area contributed by atoms with Crippen LogP contribution in [0.15, 0.2) is 6.20 Å². The molecule has 0 spiro atoms. The van der Waals surface area contributed by atoms with Gasteiger partial charge >= 0.3 is 5.00 Å². The van der Waals surface area contributed by atoms with Crippen molar-refractivity contribution in [1.82, 2.24) is 4.98 Å². The molecular formula is C7H11N3O4S. The minimum absolute atomic E-state index is 0.0501. The molecule has 0 saturated carbocycles. The second-order valence-corrected chi connectivity index (χ2v) is 3.66. The number of aliphatic hydroxyl groups excluding tert-OH is 2. The summed E-state index contributed by atoms with van der Waals surface area (Å²) in [5.41, 5.74) is 0. The minimum atomic E-state index is -0.517. The second kappa shape index (κ2) is 5.59. The molecule has 0 bridgehead atoms. The van der Waals surface area contributed by atoms with Crippen molar-refractivity contribution >= 4 is 21.5 Å². The Bertz CT molecular complexity index is 324. The average Bonchev–Trinajstić information content (AvgIpc) is 2.66. The van der Waals surface area contributed by atoms with Gasteiger partial charge in [-0.25, -0.2) is 4.98 Å². The van der Waals surface area contributed by atoms with E-state index < -0.39 is 4.92 Å². The van der Waals surface area contributed by atoms with Crippen LogP contribution >= 0.6 is 11.3 Å². The largest absolute Gasteiger partial charge is 0.395 e. The van der Waals surface area contributed by atoms with Crippen molar-refractivity contribution < 1.29 is 15.1 Å². The first-order valence-electron chi connectivity index (χ1n) is 4.26. The lowest BCUT2D eigenvalue weighted by molar-refractivity contribution is -0.380. The topological polar surface area (TPSA) is 99.7 Å². The zero-order valence-electron chi connectivity index (χ0n) is 7.87. The Morgan fingerprint density at radius 1 is 1.47 bits per heavy atom. The lowest BCUT2D eigenvalue weighted by Crippen LogP contribution is -2.29. The molecule has 0 aliphatic rings. The van der Waals surface area contributed by atoms with Gasteiger partial charge in [0.05, 0.1) is 18.1 Å². The van der Waals surface area contributed by atoms with Gasteiger partial charge < -0.3 is 15.1 Å². The van der Waals surface area contributed by atoms with Gasteiger partial charge in [0, 0.05) is 13.1 Å². The maximum absolute atomic E-state index is 10.4. The standard InChI is InChI=1S/C7H11N3O4S/c11-3-1-9(2-4-12)7-8-5-6(15-7)10(13)14/h5,11-12H,1-4H2. The van der Waals surface area contributed by atoms with Gasteiger partial charge in [-0.3, -0.25) is 10.1 Å². The van der Waals surface area contributed by atoms with E-state index in [9.17, 15) is 10.1 Å². The molecular weight excluding hydrogens is 222 g/mol. The molecule has 0 saturated heterocycles. The predicted octanol–water partition coefficient (Wildman–Crippen LogP) is -0.158. The zero-order valence-corrected chi connectivity index (χ0v) is 8.68. The summed E-state index contributed by atoms with van der Waals surface area (Å²) in [6.07, 6.45) is 1.17. The monoisotopic (exact) mass is 233 g/mol. The highest BCUT2D eigenvalue weighted by Crippen LogP contribution is 2.27. The van der Waals surface area contributed by atoms with Crippen molar-refractivity contribution in [2.75, 3.05) is 31.2 Å². The number of hydrogen-bond acceptors (Lipinski definition) is 7. The van der Waals surface area contributed by atoms with Crippen LogP contribution in [0.5, 0.6) is 0 Å². The molecule has 15 heavy (non-hydrogen) atoms.